The highest BCUT2D eigenvalue weighted by Crippen LogP contribution is 2.38. The van der Waals surface area contributed by atoms with E-state index in [0.717, 1.165) is 16.8 Å². The van der Waals surface area contributed by atoms with Gasteiger partial charge in [0, 0.05) is 18.9 Å². The SMILES string of the molecule is CC(=O)NC1=NN(C(C)=O)[C@@](C)(CS(=O)(=O)c2ccc(Cl)cc2)S1. The predicted molar refractivity (Wildman–Crippen MR) is 93.3 cm³/mol. The fraction of sp³-hybridized carbons (Fsp3) is 0.357. The summed E-state index contributed by atoms with van der Waals surface area (Å²) in [6.07, 6.45) is 0. The smallest absolute Gasteiger partial charge is 0.240 e. The van der Waals surface area contributed by atoms with Crippen LogP contribution in [0.25, 0.3) is 0 Å². The molecule has 0 saturated heterocycles. The van der Waals surface area contributed by atoms with Crippen LogP contribution in [0.3, 0.4) is 0 Å². The standard InChI is InChI=1S/C14H16ClN3O4S2/c1-9(19)16-13-17-18(10(2)20)14(3,23-13)8-24(21,22)12-6-4-11(15)5-7-12/h4-7H,8H2,1-3H3,(H,16,17,19)/t14-/m1/s1. The number of rotatable bonds is 3. The van der Waals surface area contributed by atoms with Crippen molar-refractivity contribution in [1.82, 2.24) is 10.3 Å². The van der Waals surface area contributed by atoms with Gasteiger partial charge in [0.2, 0.25) is 11.8 Å². The Morgan fingerprint density at radius 1 is 1.29 bits per heavy atom. The number of sulfone groups is 1. The van der Waals surface area contributed by atoms with E-state index in [1.807, 2.05) is 0 Å². The van der Waals surface area contributed by atoms with Crippen LogP contribution in [0.15, 0.2) is 34.3 Å². The fourth-order valence-corrected chi connectivity index (χ4v) is 5.60. The first-order valence-electron chi connectivity index (χ1n) is 6.88. The minimum Gasteiger partial charge on any atom is -0.304 e. The summed E-state index contributed by atoms with van der Waals surface area (Å²) >= 11 is 6.80. The van der Waals surface area contributed by atoms with Gasteiger partial charge in [-0.15, -0.1) is 5.10 Å². The summed E-state index contributed by atoms with van der Waals surface area (Å²) in [5, 5.41) is 8.20. The summed E-state index contributed by atoms with van der Waals surface area (Å²) < 4.78 is 25.3. The topological polar surface area (TPSA) is 95.9 Å². The molecule has 1 N–H and O–H groups in total. The maximum atomic E-state index is 12.7. The zero-order valence-corrected chi connectivity index (χ0v) is 15.6. The van der Waals surface area contributed by atoms with Crippen LogP contribution in [0.5, 0.6) is 0 Å². The van der Waals surface area contributed by atoms with E-state index in [4.69, 9.17) is 11.6 Å². The number of carbonyl (C=O) groups excluding carboxylic acids is 2. The number of halogens is 1. The average Bonchev–Trinajstić information content (AvgIpc) is 2.74. The van der Waals surface area contributed by atoms with E-state index in [9.17, 15) is 18.0 Å². The molecule has 24 heavy (non-hydrogen) atoms. The molecular weight excluding hydrogens is 374 g/mol. The molecule has 0 aromatic heterocycles. The average molecular weight is 390 g/mol. The Hall–Kier alpha value is -1.58. The minimum absolute atomic E-state index is 0.102. The van der Waals surface area contributed by atoms with Gasteiger partial charge >= 0.3 is 0 Å². The zero-order chi connectivity index (χ0) is 18.1. The van der Waals surface area contributed by atoms with E-state index < -0.39 is 20.6 Å². The number of hydrogen-bond acceptors (Lipinski definition) is 6. The molecule has 0 radical (unpaired) electrons. The van der Waals surface area contributed by atoms with Crippen LogP contribution in [0.4, 0.5) is 0 Å². The molecule has 0 saturated carbocycles. The highest BCUT2D eigenvalue weighted by molar-refractivity contribution is 8.15. The van der Waals surface area contributed by atoms with E-state index in [1.54, 1.807) is 6.92 Å². The van der Waals surface area contributed by atoms with Gasteiger partial charge in [0.15, 0.2) is 15.0 Å². The number of carbonyl (C=O) groups is 2. The van der Waals surface area contributed by atoms with Crippen LogP contribution < -0.4 is 5.32 Å². The molecule has 0 spiro atoms. The van der Waals surface area contributed by atoms with E-state index in [1.165, 1.54) is 38.1 Å². The number of nitrogens with zero attached hydrogens (tertiary/aromatic N) is 2. The molecule has 1 heterocycles. The van der Waals surface area contributed by atoms with Crippen LogP contribution in [-0.2, 0) is 19.4 Å². The lowest BCUT2D eigenvalue weighted by atomic mass is 10.3. The molecule has 2 amide bonds. The normalized spacial score (nSPS) is 20.7. The van der Waals surface area contributed by atoms with Gasteiger partial charge < -0.3 is 5.32 Å². The van der Waals surface area contributed by atoms with E-state index in [0.29, 0.717) is 5.02 Å². The first-order chi connectivity index (χ1) is 11.0. The molecule has 1 aromatic rings. The maximum Gasteiger partial charge on any atom is 0.240 e. The third kappa shape index (κ3) is 4.08. The van der Waals surface area contributed by atoms with Crippen molar-refractivity contribution in [3.05, 3.63) is 29.3 Å². The van der Waals surface area contributed by atoms with Crippen molar-refractivity contribution in [1.29, 1.82) is 0 Å². The van der Waals surface area contributed by atoms with Gasteiger partial charge in [0.05, 0.1) is 10.6 Å². The van der Waals surface area contributed by atoms with Crippen molar-refractivity contribution in [2.24, 2.45) is 5.10 Å². The fourth-order valence-electron chi connectivity index (χ4n) is 2.24. The van der Waals surface area contributed by atoms with Crippen molar-refractivity contribution in [3.63, 3.8) is 0 Å². The summed E-state index contributed by atoms with van der Waals surface area (Å²) in [5.74, 6) is -1.13. The molecule has 0 fully saturated rings. The number of benzene rings is 1. The second-order valence-electron chi connectivity index (χ2n) is 5.41. The molecule has 1 atom stereocenters. The van der Waals surface area contributed by atoms with Crippen LogP contribution >= 0.6 is 23.4 Å². The minimum atomic E-state index is -3.70. The lowest BCUT2D eigenvalue weighted by Crippen LogP contribution is -2.45. The van der Waals surface area contributed by atoms with E-state index >= 15 is 0 Å². The molecule has 7 nitrogen and oxygen atoms in total. The van der Waals surface area contributed by atoms with Gasteiger partial charge in [0.1, 0.15) is 4.87 Å². The molecule has 2 rings (SSSR count). The predicted octanol–water partition coefficient (Wildman–Crippen LogP) is 1.83. The van der Waals surface area contributed by atoms with Gasteiger partial charge in [-0.25, -0.2) is 13.4 Å². The number of nitrogens with one attached hydrogen (secondary N) is 1. The molecule has 1 aromatic carbocycles. The molecule has 0 bridgehead atoms. The Kier molecular flexibility index (Phi) is 5.26. The van der Waals surface area contributed by atoms with Crippen molar-refractivity contribution in [2.75, 3.05) is 5.75 Å². The third-order valence-electron chi connectivity index (χ3n) is 3.17. The largest absolute Gasteiger partial charge is 0.304 e. The Balaban J connectivity index is 2.30. The van der Waals surface area contributed by atoms with Gasteiger partial charge in [-0.1, -0.05) is 23.4 Å². The monoisotopic (exact) mass is 389 g/mol. The zero-order valence-electron chi connectivity index (χ0n) is 13.2. The van der Waals surface area contributed by atoms with Gasteiger partial charge in [-0.3, -0.25) is 9.59 Å². The summed E-state index contributed by atoms with van der Waals surface area (Å²) in [4.78, 5) is 22.0. The number of thioether (sulfide) groups is 1. The van der Waals surface area contributed by atoms with E-state index in [-0.39, 0.29) is 21.7 Å². The van der Waals surface area contributed by atoms with Gasteiger partial charge in [-0.05, 0) is 31.2 Å². The number of hydrogen-bond donors (Lipinski definition) is 1. The lowest BCUT2D eigenvalue weighted by molar-refractivity contribution is -0.131. The summed E-state index contributed by atoms with van der Waals surface area (Å²) in [5.41, 5.74) is 0. The van der Waals surface area contributed by atoms with Gasteiger partial charge in [0.25, 0.3) is 0 Å². The van der Waals surface area contributed by atoms with Crippen LogP contribution in [0.2, 0.25) is 5.02 Å². The quantitative estimate of drug-likeness (QED) is 0.850. The van der Waals surface area contributed by atoms with Crippen LogP contribution in [-0.4, -0.2) is 41.0 Å². The number of amides is 2. The Bertz CT molecular complexity index is 808. The number of amidine groups is 1. The first kappa shape index (κ1) is 18.8. The van der Waals surface area contributed by atoms with Crippen molar-refractivity contribution >= 4 is 50.2 Å². The van der Waals surface area contributed by atoms with E-state index in [2.05, 4.69) is 10.4 Å². The highest BCUT2D eigenvalue weighted by atomic mass is 35.5. The molecule has 0 unspecified atom stereocenters. The van der Waals surface area contributed by atoms with Gasteiger partial charge in [-0.2, -0.15) is 0 Å². The third-order valence-corrected chi connectivity index (χ3v) is 6.67. The van der Waals surface area contributed by atoms with Crippen LogP contribution in [0, 0.1) is 0 Å². The highest BCUT2D eigenvalue weighted by Gasteiger charge is 2.45. The molecule has 1 aliphatic rings. The van der Waals surface area contributed by atoms with Crippen LogP contribution in [0.1, 0.15) is 20.8 Å². The summed E-state index contributed by atoms with van der Waals surface area (Å²) in [6.45, 7) is 4.18. The Morgan fingerprint density at radius 2 is 1.88 bits per heavy atom. The Morgan fingerprint density at radius 3 is 2.38 bits per heavy atom. The van der Waals surface area contributed by atoms with Crippen molar-refractivity contribution in [3.8, 4) is 0 Å². The molecule has 0 aliphatic carbocycles. The summed E-state index contributed by atoms with van der Waals surface area (Å²) in [7, 11) is -3.70. The second kappa shape index (κ2) is 6.73. The van der Waals surface area contributed by atoms with Crippen molar-refractivity contribution in [2.45, 2.75) is 30.5 Å². The summed E-state index contributed by atoms with van der Waals surface area (Å²) in [6, 6.07) is 5.80. The van der Waals surface area contributed by atoms with Crippen molar-refractivity contribution < 1.29 is 18.0 Å². The first-order valence-corrected chi connectivity index (χ1v) is 9.72. The maximum absolute atomic E-state index is 12.7. The molecular formula is C14H16ClN3O4S2. The lowest BCUT2D eigenvalue weighted by Gasteiger charge is -2.30. The Labute approximate surface area is 149 Å². The molecule has 130 valence electrons. The molecule has 1 aliphatic heterocycles. The second-order valence-corrected chi connectivity index (χ2v) is 9.30. The number of hydrazone groups is 1. The molecule has 10 heteroatoms.